The smallest absolute Gasteiger partial charge is 0.00891 e. The highest BCUT2D eigenvalue weighted by atomic mass is 14.4. The van der Waals surface area contributed by atoms with Crippen LogP contribution in [0.5, 0.6) is 0 Å². The molecule has 0 heterocycles. The monoisotopic (exact) mass is 334 g/mol. The predicted molar refractivity (Wildman–Crippen MR) is 111 cm³/mol. The van der Waals surface area contributed by atoms with Gasteiger partial charge in [-0.05, 0) is 140 Å². The Labute approximate surface area is 154 Å². The molecule has 0 heteroatoms. The lowest BCUT2D eigenvalue weighted by atomic mass is 9.67. The van der Waals surface area contributed by atoms with Gasteiger partial charge < -0.3 is 0 Å². The van der Waals surface area contributed by atoms with Gasteiger partial charge >= 0.3 is 0 Å². The average Bonchev–Trinajstić information content (AvgIpc) is 2.59. The molecule has 0 fully saturated rings. The van der Waals surface area contributed by atoms with E-state index in [9.17, 15) is 0 Å². The largest absolute Gasteiger partial charge is 0.0622 e. The highest BCUT2D eigenvalue weighted by Crippen LogP contribution is 2.50. The molecule has 0 spiro atoms. The SMILES string of the molecule is Cc1c(C)c(C)c2c(c1C)CC(C(C)C)c1c(C)c(C)c(C)c(C)c1-2. The third kappa shape index (κ3) is 2.40. The normalized spacial score (nSPS) is 16.2. The van der Waals surface area contributed by atoms with Gasteiger partial charge in [-0.15, -0.1) is 0 Å². The summed E-state index contributed by atoms with van der Waals surface area (Å²) < 4.78 is 0. The van der Waals surface area contributed by atoms with E-state index in [-0.39, 0.29) is 0 Å². The summed E-state index contributed by atoms with van der Waals surface area (Å²) in [5.74, 6) is 1.29. The zero-order valence-corrected chi connectivity index (χ0v) is 17.9. The van der Waals surface area contributed by atoms with Gasteiger partial charge in [0, 0.05) is 0 Å². The molecule has 0 bridgehead atoms. The van der Waals surface area contributed by atoms with Crippen LogP contribution in [0.3, 0.4) is 0 Å². The van der Waals surface area contributed by atoms with Gasteiger partial charge in [0.1, 0.15) is 0 Å². The molecule has 25 heavy (non-hydrogen) atoms. The van der Waals surface area contributed by atoms with E-state index >= 15 is 0 Å². The first kappa shape index (κ1) is 18.2. The maximum atomic E-state index is 2.40. The molecule has 1 unspecified atom stereocenters. The second kappa shape index (κ2) is 6.01. The Morgan fingerprint density at radius 2 is 1.00 bits per heavy atom. The molecule has 1 atom stereocenters. The Balaban J connectivity index is 2.55. The van der Waals surface area contributed by atoms with Crippen LogP contribution in [0.4, 0.5) is 0 Å². The van der Waals surface area contributed by atoms with Crippen LogP contribution < -0.4 is 0 Å². The van der Waals surface area contributed by atoms with Crippen molar-refractivity contribution in [1.82, 2.24) is 0 Å². The minimum Gasteiger partial charge on any atom is -0.0622 e. The minimum atomic E-state index is 0.626. The van der Waals surface area contributed by atoms with Crippen LogP contribution in [0.2, 0.25) is 0 Å². The molecule has 134 valence electrons. The first-order valence-corrected chi connectivity index (χ1v) is 9.79. The Kier molecular flexibility index (Phi) is 4.38. The molecule has 0 saturated heterocycles. The van der Waals surface area contributed by atoms with Crippen molar-refractivity contribution in [2.75, 3.05) is 0 Å². The van der Waals surface area contributed by atoms with E-state index in [1.54, 1.807) is 22.3 Å². The summed E-state index contributed by atoms with van der Waals surface area (Å²) in [6.45, 7) is 23.4. The summed E-state index contributed by atoms with van der Waals surface area (Å²) in [5, 5.41) is 0. The molecule has 1 aliphatic rings. The lowest BCUT2D eigenvalue weighted by molar-refractivity contribution is 0.488. The standard InChI is InChI=1S/C25H34/c1-12(2)21-11-22-17(7)13(3)14(4)19(9)24(22)25-20(10)16(6)15(5)18(8)23(21)25/h12,21H,11H2,1-10H3. The van der Waals surface area contributed by atoms with Crippen LogP contribution in [-0.4, -0.2) is 0 Å². The molecular formula is C25H34. The molecule has 2 aromatic rings. The van der Waals surface area contributed by atoms with E-state index in [4.69, 9.17) is 0 Å². The van der Waals surface area contributed by atoms with E-state index in [2.05, 4.69) is 69.2 Å². The first-order valence-electron chi connectivity index (χ1n) is 9.79. The molecule has 0 aliphatic heterocycles. The Morgan fingerprint density at radius 3 is 1.52 bits per heavy atom. The lowest BCUT2D eigenvalue weighted by Gasteiger charge is -2.37. The van der Waals surface area contributed by atoms with Gasteiger partial charge in [0.2, 0.25) is 0 Å². The van der Waals surface area contributed by atoms with Gasteiger partial charge in [-0.2, -0.15) is 0 Å². The second-order valence-corrected chi connectivity index (χ2v) is 8.70. The third-order valence-corrected chi connectivity index (χ3v) is 7.40. The van der Waals surface area contributed by atoms with E-state index in [1.165, 1.54) is 50.9 Å². The average molecular weight is 335 g/mol. The topological polar surface area (TPSA) is 0 Å². The fraction of sp³-hybridized carbons (Fsp3) is 0.520. The molecule has 2 aromatic carbocycles. The van der Waals surface area contributed by atoms with Gasteiger partial charge in [-0.25, -0.2) is 0 Å². The maximum Gasteiger partial charge on any atom is -0.00891 e. The van der Waals surface area contributed by atoms with Crippen LogP contribution in [0, 0.1) is 61.3 Å². The van der Waals surface area contributed by atoms with E-state index in [0.29, 0.717) is 11.8 Å². The summed E-state index contributed by atoms with van der Waals surface area (Å²) in [7, 11) is 0. The van der Waals surface area contributed by atoms with E-state index < -0.39 is 0 Å². The lowest BCUT2D eigenvalue weighted by Crippen LogP contribution is -2.22. The van der Waals surface area contributed by atoms with Gasteiger partial charge in [-0.3, -0.25) is 0 Å². The molecule has 0 amide bonds. The first-order chi connectivity index (χ1) is 11.6. The Hall–Kier alpha value is -1.56. The molecule has 1 aliphatic carbocycles. The van der Waals surface area contributed by atoms with Gasteiger partial charge in [-0.1, -0.05) is 13.8 Å². The van der Waals surface area contributed by atoms with Crippen molar-refractivity contribution < 1.29 is 0 Å². The highest BCUT2D eigenvalue weighted by Gasteiger charge is 2.33. The fourth-order valence-corrected chi connectivity index (χ4v) is 5.00. The van der Waals surface area contributed by atoms with Crippen molar-refractivity contribution in [3.8, 4) is 11.1 Å². The van der Waals surface area contributed by atoms with Crippen molar-refractivity contribution in [3.63, 3.8) is 0 Å². The van der Waals surface area contributed by atoms with Gasteiger partial charge in [0.05, 0.1) is 0 Å². The molecule has 0 radical (unpaired) electrons. The van der Waals surface area contributed by atoms with Crippen LogP contribution >= 0.6 is 0 Å². The quantitative estimate of drug-likeness (QED) is 0.521. The molecule has 0 saturated carbocycles. The van der Waals surface area contributed by atoms with Crippen molar-refractivity contribution in [3.05, 3.63) is 55.6 Å². The molecule has 0 N–H and O–H groups in total. The second-order valence-electron chi connectivity index (χ2n) is 8.70. The summed E-state index contributed by atoms with van der Waals surface area (Å²) in [5.41, 5.74) is 18.3. The van der Waals surface area contributed by atoms with Crippen molar-refractivity contribution in [1.29, 1.82) is 0 Å². The summed E-state index contributed by atoms with van der Waals surface area (Å²) in [6, 6.07) is 0. The minimum absolute atomic E-state index is 0.626. The fourth-order valence-electron chi connectivity index (χ4n) is 5.00. The van der Waals surface area contributed by atoms with Crippen LogP contribution in [0.1, 0.15) is 75.4 Å². The zero-order chi connectivity index (χ0) is 18.8. The van der Waals surface area contributed by atoms with E-state index in [1.807, 2.05) is 0 Å². The van der Waals surface area contributed by atoms with Gasteiger partial charge in [0.15, 0.2) is 0 Å². The maximum absolute atomic E-state index is 2.40. The van der Waals surface area contributed by atoms with Crippen molar-refractivity contribution in [2.24, 2.45) is 5.92 Å². The number of hydrogen-bond acceptors (Lipinski definition) is 0. The van der Waals surface area contributed by atoms with Crippen LogP contribution in [0.15, 0.2) is 0 Å². The summed E-state index contributed by atoms with van der Waals surface area (Å²) in [4.78, 5) is 0. The molecule has 0 nitrogen and oxygen atoms in total. The predicted octanol–water partition coefficient (Wildman–Crippen LogP) is 7.12. The Morgan fingerprint density at radius 1 is 0.560 bits per heavy atom. The summed E-state index contributed by atoms with van der Waals surface area (Å²) in [6.07, 6.45) is 1.19. The van der Waals surface area contributed by atoms with Gasteiger partial charge in [0.25, 0.3) is 0 Å². The van der Waals surface area contributed by atoms with Crippen LogP contribution in [0.25, 0.3) is 11.1 Å². The van der Waals surface area contributed by atoms with Crippen LogP contribution in [-0.2, 0) is 6.42 Å². The number of benzene rings is 2. The molecular weight excluding hydrogens is 300 g/mol. The Bertz CT molecular complexity index is 878. The number of fused-ring (bicyclic) bond motifs is 3. The zero-order valence-electron chi connectivity index (χ0n) is 17.9. The molecule has 0 aromatic heterocycles. The number of rotatable bonds is 1. The summed E-state index contributed by atoms with van der Waals surface area (Å²) >= 11 is 0. The highest BCUT2D eigenvalue weighted by molar-refractivity contribution is 5.84. The van der Waals surface area contributed by atoms with Crippen molar-refractivity contribution >= 4 is 0 Å². The van der Waals surface area contributed by atoms with Crippen molar-refractivity contribution in [2.45, 2.75) is 81.6 Å². The van der Waals surface area contributed by atoms with E-state index in [0.717, 1.165) is 0 Å². The third-order valence-electron chi connectivity index (χ3n) is 7.40. The molecule has 3 rings (SSSR count). The number of hydrogen-bond donors (Lipinski definition) is 0.